The molecule has 0 bridgehead atoms. The predicted molar refractivity (Wildman–Crippen MR) is 75.2 cm³/mol. The van der Waals surface area contributed by atoms with Crippen LogP contribution in [-0.4, -0.2) is 38.1 Å². The molecule has 0 radical (unpaired) electrons. The maximum atomic E-state index is 11.2. The zero-order chi connectivity index (χ0) is 15.1. The van der Waals surface area contributed by atoms with Crippen molar-refractivity contribution in [3.63, 3.8) is 0 Å². The second-order valence-corrected chi connectivity index (χ2v) is 4.36. The van der Waals surface area contributed by atoms with Crippen LogP contribution < -0.4 is 10.1 Å². The minimum atomic E-state index is -0.482. The van der Waals surface area contributed by atoms with Crippen LogP contribution >= 0.6 is 0 Å². The van der Waals surface area contributed by atoms with Gasteiger partial charge in [-0.25, -0.2) is 0 Å². The van der Waals surface area contributed by atoms with Crippen molar-refractivity contribution in [2.75, 3.05) is 26.1 Å². The average molecular weight is 284 g/mol. The van der Waals surface area contributed by atoms with Crippen molar-refractivity contribution in [1.82, 2.24) is 0 Å². The first-order valence-electron chi connectivity index (χ1n) is 6.23. The van der Waals surface area contributed by atoms with Crippen LogP contribution in [-0.2, 0) is 9.47 Å². The number of ether oxygens (including phenoxy) is 3. The number of hydrogen-bond acceptors (Lipinski definition) is 6. The molecule has 20 heavy (non-hydrogen) atoms. The Hall–Kier alpha value is -1.86. The molecule has 0 aliphatic carbocycles. The molecular weight excluding hydrogens is 264 g/mol. The zero-order valence-corrected chi connectivity index (χ0v) is 12.1. The summed E-state index contributed by atoms with van der Waals surface area (Å²) in [6, 6.07) is 4.89. The van der Waals surface area contributed by atoms with E-state index in [4.69, 9.17) is 14.2 Å². The van der Waals surface area contributed by atoms with Gasteiger partial charge in [-0.1, -0.05) is 6.07 Å². The number of rotatable bonds is 8. The van der Waals surface area contributed by atoms with E-state index in [0.29, 0.717) is 12.2 Å². The highest BCUT2D eigenvalue weighted by molar-refractivity contribution is 5.68. The molecule has 0 heterocycles. The van der Waals surface area contributed by atoms with Crippen molar-refractivity contribution in [3.8, 4) is 5.75 Å². The number of nitro benzene ring substituents is 1. The largest absolute Gasteiger partial charge is 0.484 e. The molecular formula is C13H20N2O5. The van der Waals surface area contributed by atoms with Crippen molar-refractivity contribution in [2.45, 2.75) is 26.2 Å². The van der Waals surface area contributed by atoms with Gasteiger partial charge in [0.25, 0.3) is 0 Å². The number of hydrogen-bond donors (Lipinski definition) is 1. The second-order valence-electron chi connectivity index (χ2n) is 4.36. The number of para-hydroxylation sites is 1. The third kappa shape index (κ3) is 4.36. The maximum Gasteiger partial charge on any atom is 0.333 e. The molecule has 1 N–H and O–H groups in total. The minimum absolute atomic E-state index is 0.0906. The number of nitro groups is 1. The van der Waals surface area contributed by atoms with Crippen molar-refractivity contribution in [1.29, 1.82) is 0 Å². The standard InChI is InChI=1S/C13H20N2O5/c1-9(2)20-11-7-5-6-10(13(11)15(16)17)14-8-12(18-3)19-4/h5-7,9,12,14H,8H2,1-4H3. The Morgan fingerprint density at radius 3 is 2.45 bits per heavy atom. The van der Waals surface area contributed by atoms with Gasteiger partial charge in [0.2, 0.25) is 0 Å². The van der Waals surface area contributed by atoms with Crippen LogP contribution in [0.1, 0.15) is 13.8 Å². The lowest BCUT2D eigenvalue weighted by Gasteiger charge is -2.16. The molecule has 112 valence electrons. The van der Waals surface area contributed by atoms with Crippen molar-refractivity contribution >= 4 is 11.4 Å². The third-order valence-corrected chi connectivity index (χ3v) is 2.53. The lowest BCUT2D eigenvalue weighted by atomic mass is 10.2. The summed E-state index contributed by atoms with van der Waals surface area (Å²) in [5.74, 6) is 0.237. The Kier molecular flexibility index (Phi) is 6.20. The summed E-state index contributed by atoms with van der Waals surface area (Å²) in [7, 11) is 3.01. The zero-order valence-electron chi connectivity index (χ0n) is 12.1. The molecule has 0 amide bonds. The summed E-state index contributed by atoms with van der Waals surface area (Å²) >= 11 is 0. The second kappa shape index (κ2) is 7.66. The highest BCUT2D eigenvalue weighted by Crippen LogP contribution is 2.35. The van der Waals surface area contributed by atoms with Crippen LogP contribution in [0.4, 0.5) is 11.4 Å². The smallest absolute Gasteiger partial charge is 0.333 e. The fraction of sp³-hybridized carbons (Fsp3) is 0.538. The molecule has 0 aliphatic heterocycles. The molecule has 7 nitrogen and oxygen atoms in total. The Morgan fingerprint density at radius 1 is 1.30 bits per heavy atom. The summed E-state index contributed by atoms with van der Waals surface area (Å²) in [5, 5.41) is 14.2. The van der Waals surface area contributed by atoms with Gasteiger partial charge < -0.3 is 19.5 Å². The van der Waals surface area contributed by atoms with E-state index in [9.17, 15) is 10.1 Å². The molecule has 0 saturated carbocycles. The van der Waals surface area contributed by atoms with E-state index < -0.39 is 11.2 Å². The molecule has 7 heteroatoms. The van der Waals surface area contributed by atoms with Crippen molar-refractivity contribution < 1.29 is 19.1 Å². The quantitative estimate of drug-likeness (QED) is 0.448. The first kappa shape index (κ1) is 16.2. The van der Waals surface area contributed by atoms with Crippen LogP contribution in [0.2, 0.25) is 0 Å². The Bertz CT molecular complexity index is 446. The SMILES string of the molecule is COC(CNc1cccc(OC(C)C)c1[N+](=O)[O-])OC. The van der Waals surface area contributed by atoms with E-state index in [-0.39, 0.29) is 17.5 Å². The van der Waals surface area contributed by atoms with Crippen LogP contribution in [0.3, 0.4) is 0 Å². The first-order chi connectivity index (χ1) is 9.49. The van der Waals surface area contributed by atoms with Crippen molar-refractivity contribution in [3.05, 3.63) is 28.3 Å². The van der Waals surface area contributed by atoms with E-state index >= 15 is 0 Å². The minimum Gasteiger partial charge on any atom is -0.484 e. The molecule has 0 atom stereocenters. The van der Waals surface area contributed by atoms with E-state index in [1.807, 2.05) is 13.8 Å². The number of methoxy groups -OCH3 is 2. The summed E-state index contributed by atoms with van der Waals surface area (Å²) < 4.78 is 15.5. The van der Waals surface area contributed by atoms with Gasteiger partial charge in [-0.15, -0.1) is 0 Å². The molecule has 1 rings (SSSR count). The van der Waals surface area contributed by atoms with Crippen LogP contribution in [0, 0.1) is 10.1 Å². The monoisotopic (exact) mass is 284 g/mol. The van der Waals surface area contributed by atoms with E-state index in [0.717, 1.165) is 0 Å². The van der Waals surface area contributed by atoms with Gasteiger partial charge in [0.1, 0.15) is 5.69 Å². The van der Waals surface area contributed by atoms with E-state index in [2.05, 4.69) is 5.32 Å². The van der Waals surface area contributed by atoms with E-state index in [1.165, 1.54) is 14.2 Å². The summed E-state index contributed by atoms with van der Waals surface area (Å²) in [4.78, 5) is 10.8. The number of benzene rings is 1. The van der Waals surface area contributed by atoms with Gasteiger partial charge in [-0.05, 0) is 26.0 Å². The molecule has 0 unspecified atom stereocenters. The average Bonchev–Trinajstić information content (AvgIpc) is 2.39. The molecule has 1 aromatic rings. The molecule has 0 aliphatic rings. The highest BCUT2D eigenvalue weighted by atomic mass is 16.7. The third-order valence-electron chi connectivity index (χ3n) is 2.53. The van der Waals surface area contributed by atoms with Gasteiger partial charge in [-0.3, -0.25) is 10.1 Å². The normalized spacial score (nSPS) is 10.9. The predicted octanol–water partition coefficient (Wildman–Crippen LogP) is 2.41. The lowest BCUT2D eigenvalue weighted by molar-refractivity contribution is -0.385. The number of anilines is 1. The van der Waals surface area contributed by atoms with Crippen LogP contribution in [0.5, 0.6) is 5.75 Å². The molecule has 1 aromatic carbocycles. The fourth-order valence-corrected chi connectivity index (χ4v) is 1.66. The molecule has 0 fully saturated rings. The fourth-order valence-electron chi connectivity index (χ4n) is 1.66. The number of nitrogens with zero attached hydrogens (tertiary/aromatic N) is 1. The Labute approximate surface area is 118 Å². The van der Waals surface area contributed by atoms with Gasteiger partial charge >= 0.3 is 5.69 Å². The lowest BCUT2D eigenvalue weighted by Crippen LogP contribution is -2.24. The van der Waals surface area contributed by atoms with E-state index in [1.54, 1.807) is 18.2 Å². The summed E-state index contributed by atoms with van der Waals surface area (Å²) in [6.45, 7) is 3.92. The topological polar surface area (TPSA) is 82.9 Å². The molecule has 0 spiro atoms. The number of nitrogens with one attached hydrogen (secondary N) is 1. The van der Waals surface area contributed by atoms with Gasteiger partial charge in [0.15, 0.2) is 12.0 Å². The first-order valence-corrected chi connectivity index (χ1v) is 6.23. The molecule has 0 saturated heterocycles. The van der Waals surface area contributed by atoms with Gasteiger partial charge in [0.05, 0.1) is 17.6 Å². The Balaban J connectivity index is 2.97. The van der Waals surface area contributed by atoms with Crippen LogP contribution in [0.25, 0.3) is 0 Å². The van der Waals surface area contributed by atoms with Gasteiger partial charge in [-0.2, -0.15) is 0 Å². The van der Waals surface area contributed by atoms with Crippen LogP contribution in [0.15, 0.2) is 18.2 Å². The maximum absolute atomic E-state index is 11.2. The van der Waals surface area contributed by atoms with Gasteiger partial charge in [0, 0.05) is 14.2 Å². The summed E-state index contributed by atoms with van der Waals surface area (Å²) in [5.41, 5.74) is 0.277. The molecule has 0 aromatic heterocycles. The van der Waals surface area contributed by atoms with Crippen molar-refractivity contribution in [2.24, 2.45) is 0 Å². The Morgan fingerprint density at radius 2 is 1.95 bits per heavy atom. The summed E-state index contributed by atoms with van der Waals surface area (Å²) in [6.07, 6.45) is -0.626. The highest BCUT2D eigenvalue weighted by Gasteiger charge is 2.22.